The number of ether oxygens (including phenoxy) is 1. The fraction of sp³-hybridized carbons (Fsp3) is 0.400. The molecule has 0 spiro atoms. The molecule has 1 amide bonds. The van der Waals surface area contributed by atoms with Gasteiger partial charge in [0.1, 0.15) is 12.1 Å². The molecular formula is C25H28N4O5. The molecule has 34 heavy (non-hydrogen) atoms. The zero-order valence-corrected chi connectivity index (χ0v) is 19.2. The van der Waals surface area contributed by atoms with E-state index in [1.165, 1.54) is 4.57 Å². The molecule has 9 nitrogen and oxygen atoms in total. The van der Waals surface area contributed by atoms with Gasteiger partial charge < -0.3 is 24.9 Å². The minimum absolute atomic E-state index is 0.265. The molecule has 1 fully saturated rings. The van der Waals surface area contributed by atoms with Crippen molar-refractivity contribution in [2.24, 2.45) is 7.05 Å². The van der Waals surface area contributed by atoms with Crippen molar-refractivity contribution in [2.75, 3.05) is 19.7 Å². The van der Waals surface area contributed by atoms with Gasteiger partial charge in [0.2, 0.25) is 0 Å². The molecule has 178 valence electrons. The number of aryl methyl sites for hydroxylation is 1. The average Bonchev–Trinajstić information content (AvgIpc) is 3.09. The lowest BCUT2D eigenvalue weighted by molar-refractivity contribution is -0.135. The van der Waals surface area contributed by atoms with E-state index < -0.39 is 23.5 Å². The first-order chi connectivity index (χ1) is 16.3. The van der Waals surface area contributed by atoms with Crippen LogP contribution in [-0.2, 0) is 23.0 Å². The fourth-order valence-electron chi connectivity index (χ4n) is 3.98. The molecule has 0 bridgehead atoms. The maximum atomic E-state index is 12.6. The van der Waals surface area contributed by atoms with Crippen LogP contribution in [0.5, 0.6) is 0 Å². The number of nitriles is 1. The van der Waals surface area contributed by atoms with E-state index in [9.17, 15) is 20.0 Å². The summed E-state index contributed by atoms with van der Waals surface area (Å²) in [6.45, 7) is 2.63. The first-order valence-electron chi connectivity index (χ1n) is 11.2. The molecular weight excluding hydrogens is 436 g/mol. The summed E-state index contributed by atoms with van der Waals surface area (Å²) in [4.78, 5) is 24.4. The lowest BCUT2D eigenvalue weighted by atomic mass is 10.0. The van der Waals surface area contributed by atoms with Gasteiger partial charge in [0.05, 0.1) is 23.8 Å². The maximum Gasteiger partial charge on any atom is 0.419 e. The van der Waals surface area contributed by atoms with E-state index in [-0.39, 0.29) is 19.1 Å². The van der Waals surface area contributed by atoms with Gasteiger partial charge in [0.25, 0.3) is 5.91 Å². The summed E-state index contributed by atoms with van der Waals surface area (Å²) in [5, 5.41) is 25.5. The molecule has 9 heteroatoms. The number of carbonyl (C=O) groups is 1. The maximum absolute atomic E-state index is 12.6. The van der Waals surface area contributed by atoms with Crippen LogP contribution in [0.25, 0.3) is 22.2 Å². The van der Waals surface area contributed by atoms with Gasteiger partial charge in [0, 0.05) is 33.0 Å². The Morgan fingerprint density at radius 1 is 1.32 bits per heavy atom. The van der Waals surface area contributed by atoms with Crippen LogP contribution in [0.2, 0.25) is 0 Å². The second kappa shape index (κ2) is 9.81. The van der Waals surface area contributed by atoms with E-state index in [4.69, 9.17) is 9.15 Å². The molecule has 2 aromatic carbocycles. The van der Waals surface area contributed by atoms with Crippen molar-refractivity contribution in [3.8, 4) is 17.2 Å². The Morgan fingerprint density at radius 2 is 2.06 bits per heavy atom. The summed E-state index contributed by atoms with van der Waals surface area (Å²) in [6, 6.07) is 14.7. The Hall–Kier alpha value is -3.45. The Labute approximate surface area is 196 Å². The molecule has 2 heterocycles. The van der Waals surface area contributed by atoms with Gasteiger partial charge in [-0.2, -0.15) is 5.26 Å². The van der Waals surface area contributed by atoms with Crippen LogP contribution < -0.4 is 16.4 Å². The van der Waals surface area contributed by atoms with E-state index in [1.807, 2.05) is 36.4 Å². The topological polar surface area (TPSA) is 130 Å². The Bertz CT molecular complexity index is 1260. The van der Waals surface area contributed by atoms with Crippen LogP contribution >= 0.6 is 0 Å². The first-order valence-corrected chi connectivity index (χ1v) is 11.2. The molecule has 4 rings (SSSR count). The van der Waals surface area contributed by atoms with Crippen LogP contribution in [0, 0.1) is 11.3 Å². The molecule has 1 aromatic heterocycles. The summed E-state index contributed by atoms with van der Waals surface area (Å²) in [6.07, 6.45) is 0.0528. The van der Waals surface area contributed by atoms with Crippen molar-refractivity contribution in [1.29, 1.82) is 5.26 Å². The quantitative estimate of drug-likeness (QED) is 0.521. The summed E-state index contributed by atoms with van der Waals surface area (Å²) in [7, 11) is 1.67. The van der Waals surface area contributed by atoms with Crippen molar-refractivity contribution in [2.45, 2.75) is 37.5 Å². The van der Waals surface area contributed by atoms with Crippen molar-refractivity contribution in [1.82, 2.24) is 15.2 Å². The number of hydrogen-bond acceptors (Lipinski definition) is 7. The predicted octanol–water partition coefficient (Wildman–Crippen LogP) is 1.48. The Morgan fingerprint density at radius 3 is 2.79 bits per heavy atom. The number of nitrogens with one attached hydrogen (secondary N) is 2. The number of hydrogen-bond donors (Lipinski definition) is 3. The molecule has 0 aliphatic carbocycles. The highest BCUT2D eigenvalue weighted by Crippen LogP contribution is 2.24. The zero-order valence-electron chi connectivity index (χ0n) is 19.2. The van der Waals surface area contributed by atoms with Crippen molar-refractivity contribution < 1.29 is 19.1 Å². The molecule has 3 N–H and O–H groups in total. The van der Waals surface area contributed by atoms with Gasteiger partial charge in [-0.1, -0.05) is 30.3 Å². The monoisotopic (exact) mass is 464 g/mol. The average molecular weight is 465 g/mol. The van der Waals surface area contributed by atoms with Crippen LogP contribution in [0.4, 0.5) is 0 Å². The van der Waals surface area contributed by atoms with Gasteiger partial charge in [-0.3, -0.25) is 9.36 Å². The number of aromatic nitrogens is 1. The SMILES string of the molecule is Cn1c(=O)oc2ccc(-c3ccc(C[C@@H](C#N)NC(=O)[C@@H]4CNC[C@](C)(O)CCO4)cc3)cc21. The largest absolute Gasteiger partial charge is 0.419 e. The molecule has 0 saturated carbocycles. The fourth-order valence-corrected chi connectivity index (χ4v) is 3.98. The predicted molar refractivity (Wildman–Crippen MR) is 126 cm³/mol. The van der Waals surface area contributed by atoms with Crippen molar-refractivity contribution in [3.63, 3.8) is 0 Å². The molecule has 3 atom stereocenters. The van der Waals surface area contributed by atoms with Gasteiger partial charge in [-0.05, 0) is 35.7 Å². The number of oxazole rings is 1. The third-order valence-corrected chi connectivity index (χ3v) is 6.08. The summed E-state index contributed by atoms with van der Waals surface area (Å²) in [5.74, 6) is -0.754. The van der Waals surface area contributed by atoms with Gasteiger partial charge in [0.15, 0.2) is 5.58 Å². The first kappa shape index (κ1) is 23.7. The second-order valence-electron chi connectivity index (χ2n) is 8.94. The third-order valence-electron chi connectivity index (χ3n) is 6.08. The molecule has 1 saturated heterocycles. The van der Waals surface area contributed by atoms with Crippen LogP contribution in [0.15, 0.2) is 51.7 Å². The smallest absolute Gasteiger partial charge is 0.408 e. The van der Waals surface area contributed by atoms with E-state index in [0.717, 1.165) is 16.7 Å². The number of benzene rings is 2. The zero-order chi connectivity index (χ0) is 24.3. The van der Waals surface area contributed by atoms with Gasteiger partial charge in [-0.25, -0.2) is 4.79 Å². The third kappa shape index (κ3) is 5.37. The van der Waals surface area contributed by atoms with E-state index in [0.29, 0.717) is 30.5 Å². The highest BCUT2D eigenvalue weighted by Gasteiger charge is 2.28. The Balaban J connectivity index is 1.39. The number of fused-ring (bicyclic) bond motifs is 1. The van der Waals surface area contributed by atoms with Crippen molar-refractivity contribution in [3.05, 3.63) is 58.6 Å². The lowest BCUT2D eigenvalue weighted by Crippen LogP contribution is -2.51. The lowest BCUT2D eigenvalue weighted by Gasteiger charge is -2.29. The second-order valence-corrected chi connectivity index (χ2v) is 8.94. The van der Waals surface area contributed by atoms with Crippen LogP contribution in [-0.4, -0.2) is 53.0 Å². The minimum atomic E-state index is -0.871. The van der Waals surface area contributed by atoms with E-state index in [1.54, 1.807) is 20.0 Å². The van der Waals surface area contributed by atoms with E-state index in [2.05, 4.69) is 16.7 Å². The molecule has 1 aliphatic rings. The summed E-state index contributed by atoms with van der Waals surface area (Å²) < 4.78 is 12.3. The minimum Gasteiger partial charge on any atom is -0.408 e. The molecule has 0 unspecified atom stereocenters. The molecule has 3 aromatic rings. The Kier molecular flexibility index (Phi) is 6.84. The number of rotatable bonds is 5. The number of β-amino-alcohol motifs (C(OH)–C–C–N with tert-alkyl or cyclic N) is 1. The molecule has 1 aliphatic heterocycles. The summed E-state index contributed by atoms with van der Waals surface area (Å²) >= 11 is 0. The normalized spacial score (nSPS) is 21.9. The highest BCUT2D eigenvalue weighted by atomic mass is 16.5. The highest BCUT2D eigenvalue weighted by molar-refractivity contribution is 5.82. The number of amides is 1. The molecule has 0 radical (unpaired) electrons. The van der Waals surface area contributed by atoms with Crippen LogP contribution in [0.3, 0.4) is 0 Å². The van der Waals surface area contributed by atoms with Crippen LogP contribution in [0.1, 0.15) is 18.9 Å². The van der Waals surface area contributed by atoms with Crippen molar-refractivity contribution >= 4 is 17.0 Å². The number of carbonyl (C=O) groups excluding carboxylic acids is 1. The van der Waals surface area contributed by atoms with Gasteiger partial charge in [-0.15, -0.1) is 0 Å². The van der Waals surface area contributed by atoms with E-state index >= 15 is 0 Å². The summed E-state index contributed by atoms with van der Waals surface area (Å²) in [5.41, 5.74) is 3.18. The number of aliphatic hydroxyl groups is 1. The van der Waals surface area contributed by atoms with Gasteiger partial charge >= 0.3 is 5.76 Å². The standard InChI is InChI=1S/C25H28N4O5/c1-25(32)9-10-33-22(14-27-15-25)23(30)28-19(13-26)11-16-3-5-17(6-4-16)18-7-8-21-20(12-18)29(2)24(31)34-21/h3-8,12,19,22,27,32H,9-11,14-15H2,1-2H3,(H,28,30)/t19-,22-,25+/m0/s1. The number of nitrogens with zero attached hydrogens (tertiary/aromatic N) is 2.